The van der Waals surface area contributed by atoms with E-state index in [1.807, 2.05) is 0 Å². The fourth-order valence-corrected chi connectivity index (χ4v) is 9.47. The van der Waals surface area contributed by atoms with Crippen LogP contribution in [0.4, 0.5) is 43.9 Å². The molecule has 0 atom stereocenters. The molecule has 12 nitrogen and oxygen atoms in total. The Hall–Kier alpha value is -6.74. The summed E-state index contributed by atoms with van der Waals surface area (Å²) in [6.45, 7) is 0. The molecule has 0 heterocycles. The van der Waals surface area contributed by atoms with E-state index in [-0.39, 0.29) is 24.3 Å². The first kappa shape index (κ1) is 46.3. The molecule has 0 saturated carbocycles. The number of nitrogens with zero attached hydrogens (tertiary/aromatic N) is 2. The van der Waals surface area contributed by atoms with Crippen molar-refractivity contribution in [1.29, 1.82) is 10.5 Å². The molecule has 26 heteroatoms. The highest BCUT2D eigenvalue weighted by atomic mass is 32.2. The SMILES string of the molecule is N#C/C(=C\c1cc(OS(=O)(=O)c2c(F)c(F)c(F)c(F)c2F)c(/C=C(\C#N)S(=O)(=O)c2ccccc2)cc1OS(=O)(=O)c1c(F)c(F)c(F)c(F)c1F)S(=O)(=O)c1ccccc1. The highest BCUT2D eigenvalue weighted by Crippen LogP contribution is 2.39. The summed E-state index contributed by atoms with van der Waals surface area (Å²) < 4.78 is 260. The van der Waals surface area contributed by atoms with Crippen LogP contribution in [0.2, 0.25) is 0 Å². The molecule has 5 rings (SSSR count). The van der Waals surface area contributed by atoms with E-state index in [4.69, 9.17) is 0 Å². The highest BCUT2D eigenvalue weighted by Gasteiger charge is 2.38. The van der Waals surface area contributed by atoms with Crippen LogP contribution >= 0.6 is 0 Å². The Morgan fingerprint density at radius 2 is 0.694 bits per heavy atom. The van der Waals surface area contributed by atoms with Gasteiger partial charge in [-0.05, 0) is 48.6 Å². The van der Waals surface area contributed by atoms with Crippen LogP contribution in [-0.4, -0.2) is 33.7 Å². The molecule has 322 valence electrons. The summed E-state index contributed by atoms with van der Waals surface area (Å²) in [5.41, 5.74) is -2.73. The summed E-state index contributed by atoms with van der Waals surface area (Å²) in [5.74, 6) is -32.6. The largest absolute Gasteiger partial charge is 0.378 e. The second-order valence-electron chi connectivity index (χ2n) is 11.7. The van der Waals surface area contributed by atoms with E-state index in [0.717, 1.165) is 48.5 Å². The molecule has 5 aromatic carbocycles. The smallest absolute Gasteiger partial charge is 0.345 e. The first-order valence-electron chi connectivity index (χ1n) is 15.8. The minimum Gasteiger partial charge on any atom is -0.378 e. The van der Waals surface area contributed by atoms with Crippen LogP contribution in [0.5, 0.6) is 11.5 Å². The van der Waals surface area contributed by atoms with Crippen LogP contribution in [-0.2, 0) is 39.9 Å². The predicted octanol–water partition coefficient (Wildman–Crippen LogP) is 7.29. The predicted molar refractivity (Wildman–Crippen MR) is 189 cm³/mol. The van der Waals surface area contributed by atoms with Crippen LogP contribution in [0.25, 0.3) is 12.2 Å². The van der Waals surface area contributed by atoms with Crippen molar-refractivity contribution in [2.75, 3.05) is 0 Å². The van der Waals surface area contributed by atoms with Crippen molar-refractivity contribution in [3.63, 3.8) is 0 Å². The second kappa shape index (κ2) is 17.0. The van der Waals surface area contributed by atoms with Gasteiger partial charge in [0.1, 0.15) is 21.9 Å². The standard InChI is InChI=1S/C36H14F10N2O10S4/c37-25-27(39)31(43)35(32(44)28(25)40)61(53,54)57-23-14-18(12-22(16-48)60(51,52)20-9-5-2-6-10-20)24(58-62(55,56)36-33(45)29(41)26(38)30(42)34(36)46)13-17(23)11-21(15-47)59(49,50)19-7-3-1-4-8-19/h1-14H/b21-11+,22-12+. The molecule has 0 radical (unpaired) electrons. The van der Waals surface area contributed by atoms with Gasteiger partial charge in [0.2, 0.25) is 31.3 Å². The van der Waals surface area contributed by atoms with Crippen LogP contribution in [0.1, 0.15) is 11.1 Å². The zero-order valence-electron chi connectivity index (χ0n) is 29.5. The fraction of sp³-hybridized carbons (Fsp3) is 0. The number of rotatable bonds is 12. The van der Waals surface area contributed by atoms with Gasteiger partial charge in [-0.15, -0.1) is 0 Å². The van der Waals surface area contributed by atoms with E-state index >= 15 is 0 Å². The molecule has 0 unspecified atom stereocenters. The Kier molecular flexibility index (Phi) is 12.7. The molecule has 0 aliphatic carbocycles. The summed E-state index contributed by atoms with van der Waals surface area (Å²) in [6.07, 6.45) is 0.173. The number of sulfone groups is 2. The van der Waals surface area contributed by atoms with Gasteiger partial charge in [0.15, 0.2) is 67.8 Å². The lowest BCUT2D eigenvalue weighted by Crippen LogP contribution is -2.19. The van der Waals surface area contributed by atoms with Crippen molar-refractivity contribution in [3.05, 3.63) is 152 Å². The Balaban J connectivity index is 1.93. The minimum atomic E-state index is -6.47. The van der Waals surface area contributed by atoms with E-state index in [9.17, 15) is 88.1 Å². The number of hydrogen-bond donors (Lipinski definition) is 0. The molecule has 0 N–H and O–H groups in total. The van der Waals surface area contributed by atoms with Gasteiger partial charge in [-0.2, -0.15) is 27.4 Å². The molecule has 0 aliphatic rings. The third-order valence-electron chi connectivity index (χ3n) is 7.86. The highest BCUT2D eigenvalue weighted by molar-refractivity contribution is 7.96. The summed E-state index contributed by atoms with van der Waals surface area (Å²) in [4.78, 5) is -9.72. The van der Waals surface area contributed by atoms with Crippen molar-refractivity contribution < 1.29 is 85.9 Å². The monoisotopic (exact) mass is 952 g/mol. The summed E-state index contributed by atoms with van der Waals surface area (Å²) in [6, 6.07) is 13.1. The van der Waals surface area contributed by atoms with Crippen molar-refractivity contribution in [3.8, 4) is 23.6 Å². The number of allylic oxidation sites excluding steroid dienone is 2. The van der Waals surface area contributed by atoms with E-state index in [1.165, 1.54) is 24.3 Å². The molecule has 0 spiro atoms. The van der Waals surface area contributed by atoms with Crippen LogP contribution in [0, 0.1) is 80.8 Å². The van der Waals surface area contributed by atoms with Crippen molar-refractivity contribution >= 4 is 52.1 Å². The lowest BCUT2D eigenvalue weighted by atomic mass is 10.1. The maximum Gasteiger partial charge on any atom is 0.345 e. The average molecular weight is 953 g/mol. The second-order valence-corrected chi connectivity index (χ2v) is 18.5. The normalized spacial score (nSPS) is 12.7. The maximum absolute atomic E-state index is 14.8. The quantitative estimate of drug-likeness (QED) is 0.0398. The Morgan fingerprint density at radius 1 is 0.435 bits per heavy atom. The lowest BCUT2D eigenvalue weighted by molar-refractivity contribution is 0.352. The van der Waals surface area contributed by atoms with Crippen molar-refractivity contribution in [2.24, 2.45) is 0 Å². The molecule has 0 fully saturated rings. The third-order valence-corrected chi connectivity index (χ3v) is 13.7. The zero-order valence-corrected chi connectivity index (χ0v) is 32.7. The topological polar surface area (TPSA) is 203 Å². The third kappa shape index (κ3) is 8.44. The maximum atomic E-state index is 14.8. The molecule has 0 saturated heterocycles. The summed E-state index contributed by atoms with van der Waals surface area (Å²) in [5, 5.41) is 19.8. The molecule has 5 aromatic rings. The van der Waals surface area contributed by atoms with Gasteiger partial charge < -0.3 is 8.37 Å². The van der Waals surface area contributed by atoms with Crippen molar-refractivity contribution in [2.45, 2.75) is 19.6 Å². The minimum absolute atomic E-state index is 0.0147. The van der Waals surface area contributed by atoms with Gasteiger partial charge in [-0.25, -0.2) is 60.7 Å². The summed E-state index contributed by atoms with van der Waals surface area (Å²) >= 11 is 0. The molecule has 62 heavy (non-hydrogen) atoms. The van der Waals surface area contributed by atoms with Crippen molar-refractivity contribution in [1.82, 2.24) is 0 Å². The van der Waals surface area contributed by atoms with Gasteiger partial charge in [0.25, 0.3) is 0 Å². The van der Waals surface area contributed by atoms with Crippen LogP contribution in [0.15, 0.2) is 102 Å². The average Bonchev–Trinajstić information content (AvgIpc) is 3.22. The van der Waals surface area contributed by atoms with Gasteiger partial charge >= 0.3 is 20.2 Å². The van der Waals surface area contributed by atoms with E-state index in [2.05, 4.69) is 8.37 Å². The lowest BCUT2D eigenvalue weighted by Gasteiger charge is -2.17. The molecular weight excluding hydrogens is 939 g/mol. The Bertz CT molecular complexity index is 3040. The van der Waals surface area contributed by atoms with E-state index < -0.39 is 150 Å². The molecule has 0 amide bonds. The zero-order chi connectivity index (χ0) is 46.3. The van der Waals surface area contributed by atoms with Crippen LogP contribution < -0.4 is 8.37 Å². The Morgan fingerprint density at radius 3 is 0.952 bits per heavy atom. The van der Waals surface area contributed by atoms with Gasteiger partial charge in [-0.3, -0.25) is 0 Å². The number of hydrogen-bond acceptors (Lipinski definition) is 12. The number of benzene rings is 5. The molecule has 0 bridgehead atoms. The number of nitriles is 2. The summed E-state index contributed by atoms with van der Waals surface area (Å²) in [7, 11) is -23.1. The first-order valence-corrected chi connectivity index (χ1v) is 21.6. The van der Waals surface area contributed by atoms with Gasteiger partial charge in [0.05, 0.1) is 9.79 Å². The molecular formula is C36H14F10N2O10S4. The van der Waals surface area contributed by atoms with Crippen LogP contribution in [0.3, 0.4) is 0 Å². The van der Waals surface area contributed by atoms with E-state index in [1.54, 1.807) is 0 Å². The molecule has 0 aromatic heterocycles. The fourth-order valence-electron chi connectivity index (χ4n) is 4.97. The van der Waals surface area contributed by atoms with Gasteiger partial charge in [-0.1, -0.05) is 36.4 Å². The molecule has 0 aliphatic heterocycles. The number of halogens is 10. The Labute approximate surface area is 342 Å². The van der Waals surface area contributed by atoms with E-state index in [0.29, 0.717) is 0 Å². The first-order chi connectivity index (χ1) is 28.8. The van der Waals surface area contributed by atoms with Gasteiger partial charge in [0, 0.05) is 11.1 Å².